The molecule has 0 amide bonds. The Morgan fingerprint density at radius 1 is 0.889 bits per heavy atom. The lowest BCUT2D eigenvalue weighted by molar-refractivity contribution is 0.124. The molecule has 1 nitrogen and oxygen atoms in total. The highest BCUT2D eigenvalue weighted by molar-refractivity contribution is 5.28. The van der Waals surface area contributed by atoms with Crippen molar-refractivity contribution in [3.63, 3.8) is 0 Å². The van der Waals surface area contributed by atoms with Gasteiger partial charge < -0.3 is 5.11 Å². The summed E-state index contributed by atoms with van der Waals surface area (Å²) in [5, 5.41) is 9.37. The maximum Gasteiger partial charge on any atom is 0.115 e. The van der Waals surface area contributed by atoms with E-state index in [0.717, 1.165) is 23.7 Å². The van der Waals surface area contributed by atoms with Crippen molar-refractivity contribution >= 4 is 0 Å². The van der Waals surface area contributed by atoms with Crippen LogP contribution >= 0.6 is 0 Å². The largest absolute Gasteiger partial charge is 0.508 e. The zero-order valence-electron chi connectivity index (χ0n) is 11.3. The lowest BCUT2D eigenvalue weighted by atomic mass is 9.64. The van der Waals surface area contributed by atoms with E-state index in [0.29, 0.717) is 5.75 Å². The predicted molar refractivity (Wildman–Crippen MR) is 74.7 cm³/mol. The molecule has 0 aliphatic heterocycles. The summed E-state index contributed by atoms with van der Waals surface area (Å²) in [7, 11) is 0. The Kier molecular flexibility index (Phi) is 3.32. The molecule has 1 unspecified atom stereocenters. The molecule has 0 spiro atoms. The summed E-state index contributed by atoms with van der Waals surface area (Å²) in [6, 6.07) is 7.91. The number of phenols is 1. The van der Waals surface area contributed by atoms with E-state index in [1.807, 2.05) is 12.1 Å². The van der Waals surface area contributed by atoms with Gasteiger partial charge in [-0.3, -0.25) is 0 Å². The molecule has 0 saturated heterocycles. The number of aromatic hydroxyl groups is 1. The summed E-state index contributed by atoms with van der Waals surface area (Å²) in [5.41, 5.74) is 1.44. The van der Waals surface area contributed by atoms with Crippen LogP contribution in [0.5, 0.6) is 5.75 Å². The van der Waals surface area contributed by atoms with Gasteiger partial charge in [0.1, 0.15) is 5.75 Å². The highest BCUT2D eigenvalue weighted by Crippen LogP contribution is 2.47. The van der Waals surface area contributed by atoms with Crippen LogP contribution in [0, 0.1) is 17.8 Å². The van der Waals surface area contributed by atoms with Gasteiger partial charge in [0, 0.05) is 0 Å². The van der Waals surface area contributed by atoms with Gasteiger partial charge in [0.25, 0.3) is 0 Å². The van der Waals surface area contributed by atoms with Gasteiger partial charge in [-0.15, -0.1) is 0 Å². The Labute approximate surface area is 110 Å². The molecule has 4 atom stereocenters. The maximum atomic E-state index is 9.37. The molecule has 2 saturated carbocycles. The van der Waals surface area contributed by atoms with E-state index in [1.54, 1.807) is 0 Å². The Morgan fingerprint density at radius 3 is 2.33 bits per heavy atom. The van der Waals surface area contributed by atoms with Crippen LogP contribution in [0.25, 0.3) is 0 Å². The molecule has 2 aliphatic rings. The molecule has 1 N–H and O–H groups in total. The average Bonchev–Trinajstić information content (AvgIpc) is 2.39. The monoisotopic (exact) mass is 244 g/mol. The SMILES string of the molecule is CC1CC[C@@H]2C[C@H](c3ccc(O)cc3)CC[C@@H]2C1. The fraction of sp³-hybridized carbons (Fsp3) is 0.647. The number of hydrogen-bond acceptors (Lipinski definition) is 1. The van der Waals surface area contributed by atoms with Crippen molar-refractivity contribution in [1.82, 2.24) is 0 Å². The lowest BCUT2D eigenvalue weighted by Crippen LogP contribution is -2.29. The minimum Gasteiger partial charge on any atom is -0.508 e. The van der Waals surface area contributed by atoms with Crippen molar-refractivity contribution in [3.8, 4) is 5.75 Å². The molecule has 0 heterocycles. The third-order valence-corrected chi connectivity index (χ3v) is 5.24. The van der Waals surface area contributed by atoms with Gasteiger partial charge in [0.05, 0.1) is 0 Å². The van der Waals surface area contributed by atoms with E-state index < -0.39 is 0 Å². The molecule has 1 aromatic carbocycles. The molecule has 2 aliphatic carbocycles. The van der Waals surface area contributed by atoms with Crippen LogP contribution in [0.4, 0.5) is 0 Å². The molecular formula is C17H24O. The minimum atomic E-state index is 0.388. The van der Waals surface area contributed by atoms with Crippen LogP contribution in [0.3, 0.4) is 0 Å². The van der Waals surface area contributed by atoms with Gasteiger partial charge >= 0.3 is 0 Å². The van der Waals surface area contributed by atoms with Gasteiger partial charge in [-0.05, 0) is 73.5 Å². The first-order chi connectivity index (χ1) is 8.72. The van der Waals surface area contributed by atoms with Crippen molar-refractivity contribution in [2.75, 3.05) is 0 Å². The van der Waals surface area contributed by atoms with E-state index in [-0.39, 0.29) is 0 Å². The minimum absolute atomic E-state index is 0.388. The third-order valence-electron chi connectivity index (χ3n) is 5.24. The Bertz CT molecular complexity index is 395. The van der Waals surface area contributed by atoms with Gasteiger partial charge in [-0.1, -0.05) is 25.5 Å². The summed E-state index contributed by atoms with van der Waals surface area (Å²) in [6.07, 6.45) is 8.48. The Balaban J connectivity index is 1.68. The number of phenolic OH excluding ortho intramolecular Hbond substituents is 1. The van der Waals surface area contributed by atoms with Crippen LogP contribution < -0.4 is 0 Å². The molecular weight excluding hydrogens is 220 g/mol. The Morgan fingerprint density at radius 2 is 1.56 bits per heavy atom. The number of fused-ring (bicyclic) bond motifs is 1. The van der Waals surface area contributed by atoms with Crippen molar-refractivity contribution in [3.05, 3.63) is 29.8 Å². The van der Waals surface area contributed by atoms with E-state index in [9.17, 15) is 5.11 Å². The van der Waals surface area contributed by atoms with E-state index in [2.05, 4.69) is 19.1 Å². The Hall–Kier alpha value is -0.980. The van der Waals surface area contributed by atoms with Crippen LogP contribution in [0.1, 0.15) is 56.9 Å². The molecule has 98 valence electrons. The van der Waals surface area contributed by atoms with Crippen LogP contribution in [0.2, 0.25) is 0 Å². The van der Waals surface area contributed by atoms with Crippen LogP contribution in [-0.2, 0) is 0 Å². The first-order valence-electron chi connectivity index (χ1n) is 7.51. The van der Waals surface area contributed by atoms with Crippen molar-refractivity contribution in [2.24, 2.45) is 17.8 Å². The molecule has 1 heteroatoms. The van der Waals surface area contributed by atoms with Crippen molar-refractivity contribution in [1.29, 1.82) is 0 Å². The van der Waals surface area contributed by atoms with Gasteiger partial charge in [0.15, 0.2) is 0 Å². The molecule has 2 fully saturated rings. The quantitative estimate of drug-likeness (QED) is 0.758. The van der Waals surface area contributed by atoms with E-state index in [4.69, 9.17) is 0 Å². The third kappa shape index (κ3) is 2.41. The van der Waals surface area contributed by atoms with Gasteiger partial charge in [-0.2, -0.15) is 0 Å². The van der Waals surface area contributed by atoms with Crippen molar-refractivity contribution in [2.45, 2.75) is 51.4 Å². The zero-order chi connectivity index (χ0) is 12.5. The predicted octanol–water partition coefficient (Wildman–Crippen LogP) is 4.71. The van der Waals surface area contributed by atoms with Gasteiger partial charge in [-0.25, -0.2) is 0 Å². The molecule has 3 rings (SSSR count). The highest BCUT2D eigenvalue weighted by Gasteiger charge is 2.34. The van der Waals surface area contributed by atoms with Crippen molar-refractivity contribution < 1.29 is 5.11 Å². The molecule has 1 aromatic rings. The highest BCUT2D eigenvalue weighted by atomic mass is 16.3. The molecule has 0 aromatic heterocycles. The lowest BCUT2D eigenvalue weighted by Gasteiger charge is -2.41. The summed E-state index contributed by atoms with van der Waals surface area (Å²) in [6.45, 7) is 2.42. The molecule has 0 radical (unpaired) electrons. The summed E-state index contributed by atoms with van der Waals surface area (Å²) >= 11 is 0. The number of benzene rings is 1. The zero-order valence-corrected chi connectivity index (χ0v) is 11.3. The smallest absolute Gasteiger partial charge is 0.115 e. The molecule has 0 bridgehead atoms. The topological polar surface area (TPSA) is 20.2 Å². The average molecular weight is 244 g/mol. The summed E-state index contributed by atoms with van der Waals surface area (Å²) < 4.78 is 0. The fourth-order valence-corrected chi connectivity index (χ4v) is 4.17. The standard InChI is InChI=1S/C17H24O/c1-12-2-3-16-11-15(5-4-14(16)10-12)13-6-8-17(18)9-7-13/h6-9,12,14-16,18H,2-5,10-11H2,1H3/t12?,14-,15-,16-/m1/s1. The second-order valence-corrected chi connectivity index (χ2v) is 6.54. The fourth-order valence-electron chi connectivity index (χ4n) is 4.17. The summed E-state index contributed by atoms with van der Waals surface area (Å²) in [4.78, 5) is 0. The first kappa shape index (κ1) is 12.1. The number of rotatable bonds is 1. The van der Waals surface area contributed by atoms with Crippen LogP contribution in [-0.4, -0.2) is 5.11 Å². The van der Waals surface area contributed by atoms with Gasteiger partial charge in [0.2, 0.25) is 0 Å². The maximum absolute atomic E-state index is 9.37. The van der Waals surface area contributed by atoms with E-state index >= 15 is 0 Å². The first-order valence-corrected chi connectivity index (χ1v) is 7.51. The van der Waals surface area contributed by atoms with E-state index in [1.165, 1.54) is 44.1 Å². The summed E-state index contributed by atoms with van der Waals surface area (Å²) in [5.74, 6) is 4.05. The molecule has 18 heavy (non-hydrogen) atoms. The van der Waals surface area contributed by atoms with Crippen LogP contribution in [0.15, 0.2) is 24.3 Å². The normalized spacial score (nSPS) is 36.1. The number of hydrogen-bond donors (Lipinski definition) is 1. The second-order valence-electron chi connectivity index (χ2n) is 6.54. The second kappa shape index (κ2) is 4.95.